The average Bonchev–Trinajstić information content (AvgIpc) is 2.73. The topological polar surface area (TPSA) is 77.8 Å². The Labute approximate surface area is 164 Å². The number of carbonyl (C=O) groups excluding carboxylic acids is 1. The maximum Gasteiger partial charge on any atom is 0.262 e. The minimum atomic E-state index is -0.408. The number of benzene rings is 3. The SMILES string of the molecule is COc1cccc2c(=O)c3ccc(NC(=O)COc4ccc(F)cc4)cc3oc12. The van der Waals surface area contributed by atoms with Gasteiger partial charge in [0.25, 0.3) is 5.91 Å². The lowest BCUT2D eigenvalue weighted by molar-refractivity contribution is -0.118. The average molecular weight is 393 g/mol. The molecule has 1 amide bonds. The molecule has 6 nitrogen and oxygen atoms in total. The number of fused-ring (bicyclic) bond motifs is 2. The van der Waals surface area contributed by atoms with E-state index in [-0.39, 0.29) is 17.9 Å². The van der Waals surface area contributed by atoms with Gasteiger partial charge in [0.15, 0.2) is 17.9 Å². The van der Waals surface area contributed by atoms with Crippen LogP contribution in [0.15, 0.2) is 69.9 Å². The summed E-state index contributed by atoms with van der Waals surface area (Å²) in [7, 11) is 1.50. The zero-order valence-electron chi connectivity index (χ0n) is 15.4. The summed E-state index contributed by atoms with van der Waals surface area (Å²) >= 11 is 0. The predicted molar refractivity (Wildman–Crippen MR) is 107 cm³/mol. The van der Waals surface area contributed by atoms with Gasteiger partial charge in [0.1, 0.15) is 17.1 Å². The number of rotatable bonds is 5. The second-order valence-corrected chi connectivity index (χ2v) is 6.27. The summed E-state index contributed by atoms with van der Waals surface area (Å²) < 4.78 is 29.4. The first-order valence-electron chi connectivity index (χ1n) is 8.77. The first-order valence-corrected chi connectivity index (χ1v) is 8.77. The standard InChI is InChI=1S/C22H16FNO5/c1-27-18-4-2-3-17-21(26)16-10-7-14(11-19(16)29-22(17)18)24-20(25)12-28-15-8-5-13(23)6-9-15/h2-11H,12H2,1H3,(H,24,25). The molecule has 0 unspecified atom stereocenters. The molecule has 0 aliphatic rings. The number of halogens is 1. The van der Waals surface area contributed by atoms with Crippen LogP contribution in [0.4, 0.5) is 10.1 Å². The van der Waals surface area contributed by atoms with Crippen molar-refractivity contribution in [3.8, 4) is 11.5 Å². The molecule has 1 N–H and O–H groups in total. The molecule has 0 saturated carbocycles. The summed E-state index contributed by atoms with van der Waals surface area (Å²) in [5, 5.41) is 3.49. The van der Waals surface area contributed by atoms with Gasteiger partial charge in [0.2, 0.25) is 5.43 Å². The fourth-order valence-corrected chi connectivity index (χ4v) is 2.96. The molecule has 0 aliphatic heterocycles. The molecule has 7 heteroatoms. The summed E-state index contributed by atoms with van der Waals surface area (Å²) in [4.78, 5) is 24.9. The molecule has 0 bridgehead atoms. The van der Waals surface area contributed by atoms with Crippen molar-refractivity contribution in [2.75, 3.05) is 19.0 Å². The summed E-state index contributed by atoms with van der Waals surface area (Å²) in [5.74, 6) is 0.0336. The molecule has 0 radical (unpaired) electrons. The first kappa shape index (κ1) is 18.5. The van der Waals surface area contributed by atoms with Crippen LogP contribution < -0.4 is 20.2 Å². The third-order valence-electron chi connectivity index (χ3n) is 4.35. The number of nitrogens with one attached hydrogen (secondary N) is 1. The largest absolute Gasteiger partial charge is 0.493 e. The van der Waals surface area contributed by atoms with Gasteiger partial charge in [-0.2, -0.15) is 0 Å². The molecule has 0 fully saturated rings. The Kier molecular flexibility index (Phi) is 4.87. The lowest BCUT2D eigenvalue weighted by Crippen LogP contribution is -2.20. The van der Waals surface area contributed by atoms with Gasteiger partial charge in [-0.05, 0) is 48.5 Å². The summed E-state index contributed by atoms with van der Waals surface area (Å²) in [6.45, 7) is -0.251. The van der Waals surface area contributed by atoms with E-state index in [9.17, 15) is 14.0 Å². The number of methoxy groups -OCH3 is 1. The highest BCUT2D eigenvalue weighted by Gasteiger charge is 2.12. The van der Waals surface area contributed by atoms with E-state index in [4.69, 9.17) is 13.9 Å². The quantitative estimate of drug-likeness (QED) is 0.516. The van der Waals surface area contributed by atoms with Gasteiger partial charge in [-0.1, -0.05) is 6.07 Å². The lowest BCUT2D eigenvalue weighted by atomic mass is 10.1. The van der Waals surface area contributed by atoms with Crippen LogP contribution in [0.2, 0.25) is 0 Å². The number of hydrogen-bond donors (Lipinski definition) is 1. The minimum Gasteiger partial charge on any atom is -0.493 e. The number of para-hydroxylation sites is 1. The fraction of sp³-hybridized carbons (Fsp3) is 0.0909. The van der Waals surface area contributed by atoms with Crippen molar-refractivity contribution < 1.29 is 23.1 Å². The minimum absolute atomic E-state index is 0.183. The van der Waals surface area contributed by atoms with E-state index in [1.807, 2.05) is 0 Å². The van der Waals surface area contributed by atoms with Gasteiger partial charge in [-0.15, -0.1) is 0 Å². The van der Waals surface area contributed by atoms with Crippen molar-refractivity contribution in [2.24, 2.45) is 0 Å². The molecule has 0 aliphatic carbocycles. The maximum atomic E-state index is 12.9. The lowest BCUT2D eigenvalue weighted by Gasteiger charge is -2.09. The van der Waals surface area contributed by atoms with Gasteiger partial charge < -0.3 is 19.2 Å². The van der Waals surface area contributed by atoms with Crippen LogP contribution in [0.1, 0.15) is 0 Å². The first-order chi connectivity index (χ1) is 14.0. The molecule has 0 atom stereocenters. The molecule has 4 aromatic rings. The van der Waals surface area contributed by atoms with E-state index in [0.29, 0.717) is 39.1 Å². The van der Waals surface area contributed by atoms with Crippen molar-refractivity contribution >= 4 is 33.5 Å². The van der Waals surface area contributed by atoms with Gasteiger partial charge in [-0.3, -0.25) is 9.59 Å². The van der Waals surface area contributed by atoms with E-state index in [0.717, 1.165) is 0 Å². The van der Waals surface area contributed by atoms with Crippen molar-refractivity contribution in [1.29, 1.82) is 0 Å². The third-order valence-corrected chi connectivity index (χ3v) is 4.35. The van der Waals surface area contributed by atoms with Gasteiger partial charge >= 0.3 is 0 Å². The molecule has 4 rings (SSSR count). The monoisotopic (exact) mass is 393 g/mol. The van der Waals surface area contributed by atoms with Crippen LogP contribution in [0, 0.1) is 5.82 Å². The number of anilines is 1. The molecular formula is C22H16FNO5. The molecule has 1 aromatic heterocycles. The normalized spacial score (nSPS) is 10.8. The summed E-state index contributed by atoms with van der Waals surface area (Å²) in [6.07, 6.45) is 0. The van der Waals surface area contributed by atoms with E-state index < -0.39 is 5.91 Å². The van der Waals surface area contributed by atoms with Crippen molar-refractivity contribution in [1.82, 2.24) is 0 Å². The number of hydrogen-bond acceptors (Lipinski definition) is 5. The Balaban J connectivity index is 1.58. The Morgan fingerprint density at radius 1 is 1.07 bits per heavy atom. The second-order valence-electron chi connectivity index (χ2n) is 6.27. The van der Waals surface area contributed by atoms with Crippen LogP contribution in [0.5, 0.6) is 11.5 Å². The zero-order chi connectivity index (χ0) is 20.4. The molecule has 0 saturated heterocycles. The number of amides is 1. The maximum absolute atomic E-state index is 12.9. The third kappa shape index (κ3) is 3.75. The zero-order valence-corrected chi connectivity index (χ0v) is 15.4. The molecule has 3 aromatic carbocycles. The van der Waals surface area contributed by atoms with Crippen molar-refractivity contribution in [3.05, 3.63) is 76.7 Å². The molecule has 0 spiro atoms. The highest BCUT2D eigenvalue weighted by molar-refractivity contribution is 5.96. The van der Waals surface area contributed by atoms with Gasteiger partial charge in [0.05, 0.1) is 17.9 Å². The molecule has 1 heterocycles. The molecular weight excluding hydrogens is 377 g/mol. The smallest absolute Gasteiger partial charge is 0.262 e. The summed E-state index contributed by atoms with van der Waals surface area (Å²) in [5.41, 5.74) is 0.931. The molecule has 146 valence electrons. The Morgan fingerprint density at radius 3 is 2.62 bits per heavy atom. The predicted octanol–water partition coefficient (Wildman–Crippen LogP) is 4.11. The van der Waals surface area contributed by atoms with Crippen LogP contribution in [-0.4, -0.2) is 19.6 Å². The van der Waals surface area contributed by atoms with Gasteiger partial charge in [-0.25, -0.2) is 4.39 Å². The summed E-state index contributed by atoms with van der Waals surface area (Å²) in [6, 6.07) is 15.2. The fourth-order valence-electron chi connectivity index (χ4n) is 2.96. The Morgan fingerprint density at radius 2 is 1.86 bits per heavy atom. The highest BCUT2D eigenvalue weighted by atomic mass is 19.1. The van der Waals surface area contributed by atoms with E-state index in [2.05, 4.69) is 5.32 Å². The van der Waals surface area contributed by atoms with Crippen LogP contribution >= 0.6 is 0 Å². The van der Waals surface area contributed by atoms with E-state index in [1.54, 1.807) is 36.4 Å². The van der Waals surface area contributed by atoms with Crippen LogP contribution in [0.25, 0.3) is 21.9 Å². The Hall–Kier alpha value is -3.87. The van der Waals surface area contributed by atoms with Crippen molar-refractivity contribution in [2.45, 2.75) is 0 Å². The van der Waals surface area contributed by atoms with Crippen molar-refractivity contribution in [3.63, 3.8) is 0 Å². The van der Waals surface area contributed by atoms with E-state index in [1.165, 1.54) is 31.4 Å². The van der Waals surface area contributed by atoms with Crippen LogP contribution in [-0.2, 0) is 4.79 Å². The molecule has 29 heavy (non-hydrogen) atoms. The van der Waals surface area contributed by atoms with Crippen LogP contribution in [0.3, 0.4) is 0 Å². The van der Waals surface area contributed by atoms with Gasteiger partial charge in [0, 0.05) is 11.8 Å². The second kappa shape index (κ2) is 7.63. The highest BCUT2D eigenvalue weighted by Crippen LogP contribution is 2.28. The van der Waals surface area contributed by atoms with E-state index >= 15 is 0 Å². The Bertz CT molecular complexity index is 1260. The number of carbonyl (C=O) groups is 1. The number of ether oxygens (including phenoxy) is 2.